The monoisotopic (exact) mass is 190 g/mol. The SMILES string of the molecule is C#CC(CC)Nc1ccnc(OC)c1. The van der Waals surface area contributed by atoms with Crippen molar-refractivity contribution in [3.05, 3.63) is 18.3 Å². The molecule has 0 saturated heterocycles. The van der Waals surface area contributed by atoms with Crippen LogP contribution in [-0.4, -0.2) is 18.1 Å². The van der Waals surface area contributed by atoms with E-state index >= 15 is 0 Å². The number of nitrogens with one attached hydrogen (secondary N) is 1. The summed E-state index contributed by atoms with van der Waals surface area (Å²) in [6.07, 6.45) is 7.92. The molecule has 0 aliphatic heterocycles. The van der Waals surface area contributed by atoms with Crippen LogP contribution in [0, 0.1) is 12.3 Å². The molecule has 3 nitrogen and oxygen atoms in total. The third kappa shape index (κ3) is 2.67. The van der Waals surface area contributed by atoms with Gasteiger partial charge in [0.15, 0.2) is 0 Å². The highest BCUT2D eigenvalue weighted by atomic mass is 16.5. The second-order valence-electron chi connectivity index (χ2n) is 2.86. The molecule has 1 atom stereocenters. The van der Waals surface area contributed by atoms with Crippen molar-refractivity contribution in [2.45, 2.75) is 19.4 Å². The van der Waals surface area contributed by atoms with Gasteiger partial charge in [0, 0.05) is 18.0 Å². The van der Waals surface area contributed by atoms with Gasteiger partial charge in [-0.25, -0.2) is 4.98 Å². The summed E-state index contributed by atoms with van der Waals surface area (Å²) in [5.41, 5.74) is 0.932. The first-order valence-electron chi connectivity index (χ1n) is 4.52. The smallest absolute Gasteiger partial charge is 0.214 e. The highest BCUT2D eigenvalue weighted by Crippen LogP contribution is 2.14. The number of terminal acetylenes is 1. The summed E-state index contributed by atoms with van der Waals surface area (Å²) in [6.45, 7) is 2.04. The molecular formula is C11H14N2O. The van der Waals surface area contributed by atoms with Crippen LogP contribution < -0.4 is 10.1 Å². The molecule has 1 aromatic heterocycles. The van der Waals surface area contributed by atoms with Crippen LogP contribution in [0.5, 0.6) is 5.88 Å². The van der Waals surface area contributed by atoms with Gasteiger partial charge in [0.1, 0.15) is 0 Å². The van der Waals surface area contributed by atoms with E-state index in [0.29, 0.717) is 5.88 Å². The minimum absolute atomic E-state index is 0.0575. The van der Waals surface area contributed by atoms with Crippen LogP contribution in [0.15, 0.2) is 18.3 Å². The van der Waals surface area contributed by atoms with Gasteiger partial charge in [-0.15, -0.1) is 6.42 Å². The number of rotatable bonds is 4. The van der Waals surface area contributed by atoms with E-state index in [1.165, 1.54) is 0 Å². The third-order valence-corrected chi connectivity index (χ3v) is 1.89. The van der Waals surface area contributed by atoms with Crippen LogP contribution in [0.1, 0.15) is 13.3 Å². The Bertz CT molecular complexity index is 330. The van der Waals surface area contributed by atoms with Crippen LogP contribution in [0.2, 0.25) is 0 Å². The van der Waals surface area contributed by atoms with Crippen molar-refractivity contribution in [2.75, 3.05) is 12.4 Å². The topological polar surface area (TPSA) is 34.2 Å². The average Bonchev–Trinajstić information content (AvgIpc) is 2.26. The van der Waals surface area contributed by atoms with E-state index in [9.17, 15) is 0 Å². The van der Waals surface area contributed by atoms with Crippen molar-refractivity contribution in [3.63, 3.8) is 0 Å². The molecule has 1 rings (SSSR count). The number of hydrogen-bond acceptors (Lipinski definition) is 3. The standard InChI is InChI=1S/C11H14N2O/c1-4-9(5-2)13-10-6-7-12-11(8-10)14-3/h1,6-9H,5H2,2-3H3,(H,12,13). The molecule has 0 aliphatic rings. The molecule has 3 heteroatoms. The molecule has 1 unspecified atom stereocenters. The van der Waals surface area contributed by atoms with Gasteiger partial charge >= 0.3 is 0 Å². The van der Waals surface area contributed by atoms with E-state index in [1.807, 2.05) is 19.1 Å². The zero-order valence-electron chi connectivity index (χ0n) is 8.45. The van der Waals surface area contributed by atoms with Gasteiger partial charge in [-0.2, -0.15) is 0 Å². The van der Waals surface area contributed by atoms with Gasteiger partial charge in [-0.3, -0.25) is 0 Å². The Hall–Kier alpha value is -1.69. The normalized spacial score (nSPS) is 11.5. The van der Waals surface area contributed by atoms with E-state index in [0.717, 1.165) is 12.1 Å². The summed E-state index contributed by atoms with van der Waals surface area (Å²) in [5, 5.41) is 3.20. The maximum atomic E-state index is 5.34. The lowest BCUT2D eigenvalue weighted by Gasteiger charge is -2.12. The van der Waals surface area contributed by atoms with E-state index in [-0.39, 0.29) is 6.04 Å². The van der Waals surface area contributed by atoms with Gasteiger partial charge in [-0.1, -0.05) is 12.8 Å². The van der Waals surface area contributed by atoms with Crippen LogP contribution in [-0.2, 0) is 0 Å². The Labute approximate surface area is 84.5 Å². The molecule has 0 bridgehead atoms. The molecule has 14 heavy (non-hydrogen) atoms. The number of anilines is 1. The van der Waals surface area contributed by atoms with E-state index in [1.54, 1.807) is 13.3 Å². The number of nitrogens with zero attached hydrogens (tertiary/aromatic N) is 1. The lowest BCUT2D eigenvalue weighted by molar-refractivity contribution is 0.398. The molecule has 1 heterocycles. The van der Waals surface area contributed by atoms with Gasteiger partial charge in [0.2, 0.25) is 5.88 Å². The zero-order chi connectivity index (χ0) is 10.4. The number of ether oxygens (including phenoxy) is 1. The summed E-state index contributed by atoms with van der Waals surface area (Å²) in [5.74, 6) is 3.25. The van der Waals surface area contributed by atoms with Crippen LogP contribution in [0.4, 0.5) is 5.69 Å². The molecule has 1 aromatic rings. The molecule has 0 fully saturated rings. The van der Waals surface area contributed by atoms with E-state index in [4.69, 9.17) is 11.2 Å². The van der Waals surface area contributed by atoms with Crippen molar-refractivity contribution in [2.24, 2.45) is 0 Å². The fraction of sp³-hybridized carbons (Fsp3) is 0.364. The van der Waals surface area contributed by atoms with Gasteiger partial charge < -0.3 is 10.1 Å². The Morgan fingerprint density at radius 2 is 2.50 bits per heavy atom. The summed E-state index contributed by atoms with van der Waals surface area (Å²) in [6, 6.07) is 3.74. The molecule has 0 spiro atoms. The van der Waals surface area contributed by atoms with Crippen molar-refractivity contribution >= 4 is 5.69 Å². The molecule has 0 aromatic carbocycles. The molecule has 0 amide bonds. The molecule has 0 saturated carbocycles. The molecular weight excluding hydrogens is 176 g/mol. The number of pyridine rings is 1. The number of aromatic nitrogens is 1. The molecule has 0 aliphatic carbocycles. The molecule has 74 valence electrons. The van der Waals surface area contributed by atoms with Crippen LogP contribution in [0.3, 0.4) is 0 Å². The minimum Gasteiger partial charge on any atom is -0.481 e. The lowest BCUT2D eigenvalue weighted by Crippen LogP contribution is -2.15. The summed E-state index contributed by atoms with van der Waals surface area (Å²) >= 11 is 0. The first kappa shape index (κ1) is 10.4. The Morgan fingerprint density at radius 3 is 3.07 bits per heavy atom. The lowest BCUT2D eigenvalue weighted by atomic mass is 10.2. The van der Waals surface area contributed by atoms with E-state index in [2.05, 4.69) is 16.2 Å². The minimum atomic E-state index is 0.0575. The van der Waals surface area contributed by atoms with Gasteiger partial charge in [0.05, 0.1) is 13.2 Å². The van der Waals surface area contributed by atoms with Crippen molar-refractivity contribution in [1.82, 2.24) is 4.98 Å². The van der Waals surface area contributed by atoms with E-state index < -0.39 is 0 Å². The number of hydrogen-bond donors (Lipinski definition) is 1. The Balaban J connectivity index is 2.71. The highest BCUT2D eigenvalue weighted by Gasteiger charge is 2.02. The van der Waals surface area contributed by atoms with Crippen molar-refractivity contribution in [3.8, 4) is 18.2 Å². The fourth-order valence-corrected chi connectivity index (χ4v) is 1.07. The summed E-state index contributed by atoms with van der Waals surface area (Å²) in [7, 11) is 1.59. The first-order valence-corrected chi connectivity index (χ1v) is 4.52. The van der Waals surface area contributed by atoms with Crippen LogP contribution in [0.25, 0.3) is 0 Å². The first-order chi connectivity index (χ1) is 6.80. The van der Waals surface area contributed by atoms with Crippen molar-refractivity contribution in [1.29, 1.82) is 0 Å². The van der Waals surface area contributed by atoms with Crippen LogP contribution >= 0.6 is 0 Å². The predicted octanol–water partition coefficient (Wildman–Crippen LogP) is 1.91. The Kier molecular flexibility index (Phi) is 3.81. The summed E-state index contributed by atoms with van der Waals surface area (Å²) < 4.78 is 5.00. The largest absolute Gasteiger partial charge is 0.481 e. The maximum absolute atomic E-state index is 5.34. The zero-order valence-corrected chi connectivity index (χ0v) is 8.45. The second-order valence-corrected chi connectivity index (χ2v) is 2.86. The van der Waals surface area contributed by atoms with Gasteiger partial charge in [-0.05, 0) is 12.5 Å². The quantitative estimate of drug-likeness (QED) is 0.736. The average molecular weight is 190 g/mol. The summed E-state index contributed by atoms with van der Waals surface area (Å²) in [4.78, 5) is 4.00. The third-order valence-electron chi connectivity index (χ3n) is 1.89. The van der Waals surface area contributed by atoms with Crippen molar-refractivity contribution < 1.29 is 4.74 Å². The molecule has 0 radical (unpaired) electrons. The van der Waals surface area contributed by atoms with Gasteiger partial charge in [0.25, 0.3) is 0 Å². The number of methoxy groups -OCH3 is 1. The maximum Gasteiger partial charge on any atom is 0.214 e. The molecule has 1 N–H and O–H groups in total. The highest BCUT2D eigenvalue weighted by molar-refractivity contribution is 5.47. The predicted molar refractivity (Wildman–Crippen MR) is 57.3 cm³/mol. The Morgan fingerprint density at radius 1 is 1.71 bits per heavy atom. The fourth-order valence-electron chi connectivity index (χ4n) is 1.07. The second kappa shape index (κ2) is 5.13.